The van der Waals surface area contributed by atoms with Gasteiger partial charge in [-0.05, 0) is 19.9 Å². The number of isocyanates is 1. The van der Waals surface area contributed by atoms with Gasteiger partial charge in [-0.1, -0.05) is 12.1 Å². The van der Waals surface area contributed by atoms with Crippen molar-refractivity contribution in [2.24, 2.45) is 4.99 Å². The molecule has 0 fully saturated rings. The molecule has 0 bridgehead atoms. The second-order valence-corrected chi connectivity index (χ2v) is 4.07. The van der Waals surface area contributed by atoms with Gasteiger partial charge in [0.25, 0.3) is 0 Å². The van der Waals surface area contributed by atoms with Crippen LogP contribution in [0.15, 0.2) is 29.4 Å². The van der Waals surface area contributed by atoms with Gasteiger partial charge in [0.15, 0.2) is 0 Å². The highest BCUT2D eigenvalue weighted by molar-refractivity contribution is 5.96. The summed E-state index contributed by atoms with van der Waals surface area (Å²) in [6, 6.07) is 5.97. The number of rotatable bonds is 3. The van der Waals surface area contributed by atoms with Crippen LogP contribution in [0.4, 0.5) is 5.69 Å². The average molecular weight is 230 g/mol. The lowest BCUT2D eigenvalue weighted by Gasteiger charge is -2.11. The number of fused-ring (bicyclic) bond motifs is 1. The van der Waals surface area contributed by atoms with Crippen molar-refractivity contribution in [3.63, 3.8) is 0 Å². The molecular weight excluding hydrogens is 216 g/mol. The molecule has 1 aromatic carbocycles. The standard InChI is InChI=1S/C13H14N2O2/c1-9(2)15-7-11(14-8-16)10-5-4-6-12(17-3)13(10)15/h4-7,9H,1-3H3. The van der Waals surface area contributed by atoms with Gasteiger partial charge < -0.3 is 9.30 Å². The molecule has 88 valence electrons. The zero-order valence-electron chi connectivity index (χ0n) is 10.1. The highest BCUT2D eigenvalue weighted by Crippen LogP contribution is 2.35. The summed E-state index contributed by atoms with van der Waals surface area (Å²) < 4.78 is 7.39. The summed E-state index contributed by atoms with van der Waals surface area (Å²) in [5.41, 5.74) is 1.58. The van der Waals surface area contributed by atoms with Gasteiger partial charge in [-0.3, -0.25) is 0 Å². The smallest absolute Gasteiger partial charge is 0.240 e. The number of aromatic nitrogens is 1. The maximum Gasteiger partial charge on any atom is 0.240 e. The Labute approximate surface area is 99.5 Å². The lowest BCUT2D eigenvalue weighted by atomic mass is 10.2. The summed E-state index contributed by atoms with van der Waals surface area (Å²) in [7, 11) is 1.63. The number of nitrogens with zero attached hydrogens (tertiary/aromatic N) is 2. The van der Waals surface area contributed by atoms with E-state index in [-0.39, 0.29) is 6.04 Å². The van der Waals surface area contributed by atoms with E-state index in [0.717, 1.165) is 16.7 Å². The highest BCUT2D eigenvalue weighted by Gasteiger charge is 2.13. The minimum absolute atomic E-state index is 0.268. The number of hydrogen-bond donors (Lipinski definition) is 0. The van der Waals surface area contributed by atoms with Gasteiger partial charge in [-0.15, -0.1) is 0 Å². The van der Waals surface area contributed by atoms with Gasteiger partial charge in [0.2, 0.25) is 6.08 Å². The molecule has 0 N–H and O–H groups in total. The fraction of sp³-hybridized carbons (Fsp3) is 0.308. The molecule has 0 radical (unpaired) electrons. The van der Waals surface area contributed by atoms with E-state index in [4.69, 9.17) is 4.74 Å². The first-order valence-electron chi connectivity index (χ1n) is 5.44. The van der Waals surface area contributed by atoms with Crippen LogP contribution in [0.1, 0.15) is 19.9 Å². The quantitative estimate of drug-likeness (QED) is 0.600. The number of ether oxygens (including phenoxy) is 1. The molecule has 4 heteroatoms. The summed E-state index contributed by atoms with van der Waals surface area (Å²) in [6.45, 7) is 4.14. The Morgan fingerprint density at radius 1 is 1.41 bits per heavy atom. The molecule has 17 heavy (non-hydrogen) atoms. The number of aliphatic imine (C=N–C) groups is 1. The summed E-state index contributed by atoms with van der Waals surface area (Å²) >= 11 is 0. The Balaban J connectivity index is 2.85. The monoisotopic (exact) mass is 230 g/mol. The third-order valence-electron chi connectivity index (χ3n) is 2.74. The van der Waals surface area contributed by atoms with E-state index in [1.807, 2.05) is 29.0 Å². The minimum atomic E-state index is 0.268. The normalized spacial score (nSPS) is 10.6. The van der Waals surface area contributed by atoms with Crippen LogP contribution in [0.3, 0.4) is 0 Å². The second-order valence-electron chi connectivity index (χ2n) is 4.07. The van der Waals surface area contributed by atoms with Crippen LogP contribution in [0.25, 0.3) is 10.9 Å². The number of methoxy groups -OCH3 is 1. The second kappa shape index (κ2) is 4.44. The third-order valence-corrected chi connectivity index (χ3v) is 2.74. The van der Waals surface area contributed by atoms with Crippen molar-refractivity contribution >= 4 is 22.7 Å². The molecule has 2 aromatic rings. The van der Waals surface area contributed by atoms with Crippen molar-refractivity contribution in [3.8, 4) is 5.75 Å². The Kier molecular flexibility index (Phi) is 2.98. The number of hydrogen-bond acceptors (Lipinski definition) is 3. The van der Waals surface area contributed by atoms with Gasteiger partial charge >= 0.3 is 0 Å². The van der Waals surface area contributed by atoms with Crippen LogP contribution in [0, 0.1) is 0 Å². The minimum Gasteiger partial charge on any atom is -0.495 e. The lowest BCUT2D eigenvalue weighted by molar-refractivity contribution is 0.416. The molecule has 1 aromatic heterocycles. The van der Waals surface area contributed by atoms with E-state index >= 15 is 0 Å². The molecule has 0 unspecified atom stereocenters. The zero-order chi connectivity index (χ0) is 12.4. The summed E-state index contributed by atoms with van der Waals surface area (Å²) in [6.07, 6.45) is 3.44. The molecule has 1 heterocycles. The SMILES string of the molecule is COc1cccc2c(N=C=O)cn(C(C)C)c12. The number of para-hydroxylation sites is 1. The van der Waals surface area contributed by atoms with Crippen molar-refractivity contribution in [2.45, 2.75) is 19.9 Å². The molecule has 0 spiro atoms. The predicted octanol–water partition coefficient (Wildman–Crippen LogP) is 3.20. The molecule has 0 amide bonds. The molecule has 0 saturated heterocycles. The van der Waals surface area contributed by atoms with Gasteiger partial charge in [0.05, 0.1) is 12.6 Å². The van der Waals surface area contributed by atoms with E-state index in [9.17, 15) is 4.79 Å². The fourth-order valence-corrected chi connectivity index (χ4v) is 1.97. The first kappa shape index (κ1) is 11.4. The molecule has 0 saturated carbocycles. The predicted molar refractivity (Wildman–Crippen MR) is 66.7 cm³/mol. The maximum atomic E-state index is 10.4. The highest BCUT2D eigenvalue weighted by atomic mass is 16.5. The molecule has 0 aliphatic heterocycles. The van der Waals surface area contributed by atoms with Crippen molar-refractivity contribution in [2.75, 3.05) is 7.11 Å². The van der Waals surface area contributed by atoms with Gasteiger partial charge in [0.1, 0.15) is 11.4 Å². The van der Waals surface area contributed by atoms with Crippen LogP contribution in [-0.2, 0) is 4.79 Å². The summed E-state index contributed by atoms with van der Waals surface area (Å²) in [5.74, 6) is 0.781. The Morgan fingerprint density at radius 2 is 2.18 bits per heavy atom. The van der Waals surface area contributed by atoms with Gasteiger partial charge in [-0.25, -0.2) is 4.79 Å². The van der Waals surface area contributed by atoms with Crippen LogP contribution in [-0.4, -0.2) is 17.8 Å². The van der Waals surface area contributed by atoms with Crippen LogP contribution >= 0.6 is 0 Å². The molecular formula is C13H14N2O2. The number of carbonyl (C=O) groups excluding carboxylic acids is 1. The lowest BCUT2D eigenvalue weighted by Crippen LogP contribution is -1.99. The summed E-state index contributed by atoms with van der Waals surface area (Å²) in [5, 5.41) is 0.904. The largest absolute Gasteiger partial charge is 0.495 e. The first-order valence-corrected chi connectivity index (χ1v) is 5.44. The van der Waals surface area contributed by atoms with E-state index in [1.165, 1.54) is 0 Å². The van der Waals surface area contributed by atoms with Crippen LogP contribution in [0.2, 0.25) is 0 Å². The summed E-state index contributed by atoms with van der Waals surface area (Å²) in [4.78, 5) is 14.2. The Morgan fingerprint density at radius 3 is 2.76 bits per heavy atom. The van der Waals surface area contributed by atoms with Crippen molar-refractivity contribution in [3.05, 3.63) is 24.4 Å². The van der Waals surface area contributed by atoms with E-state index < -0.39 is 0 Å². The molecule has 4 nitrogen and oxygen atoms in total. The van der Waals surface area contributed by atoms with Crippen molar-refractivity contribution in [1.82, 2.24) is 4.57 Å². The first-order chi connectivity index (χ1) is 8.19. The van der Waals surface area contributed by atoms with E-state index in [2.05, 4.69) is 18.8 Å². The van der Waals surface area contributed by atoms with Crippen LogP contribution < -0.4 is 4.74 Å². The molecule has 0 aliphatic carbocycles. The topological polar surface area (TPSA) is 43.6 Å². The van der Waals surface area contributed by atoms with Gasteiger partial charge in [-0.2, -0.15) is 4.99 Å². The number of benzene rings is 1. The Bertz CT molecular complexity index is 593. The fourth-order valence-electron chi connectivity index (χ4n) is 1.97. The van der Waals surface area contributed by atoms with Gasteiger partial charge in [0, 0.05) is 17.6 Å². The van der Waals surface area contributed by atoms with Crippen molar-refractivity contribution < 1.29 is 9.53 Å². The maximum absolute atomic E-state index is 10.4. The van der Waals surface area contributed by atoms with Crippen LogP contribution in [0.5, 0.6) is 5.75 Å². The Hall–Kier alpha value is -2.06. The van der Waals surface area contributed by atoms with E-state index in [0.29, 0.717) is 5.69 Å². The molecule has 2 rings (SSSR count). The molecule has 0 atom stereocenters. The average Bonchev–Trinajstić information content (AvgIpc) is 2.69. The van der Waals surface area contributed by atoms with E-state index in [1.54, 1.807) is 13.2 Å². The molecule has 0 aliphatic rings. The zero-order valence-corrected chi connectivity index (χ0v) is 10.1. The van der Waals surface area contributed by atoms with Crippen molar-refractivity contribution in [1.29, 1.82) is 0 Å². The third kappa shape index (κ3) is 1.83.